The molecule has 1 nitrogen and oxygen atoms in total. The second kappa shape index (κ2) is 5.42. The van der Waals surface area contributed by atoms with Gasteiger partial charge in [-0.2, -0.15) is 0 Å². The molecule has 0 aliphatic heterocycles. The quantitative estimate of drug-likeness (QED) is 0.866. The van der Waals surface area contributed by atoms with Crippen LogP contribution in [0.2, 0.25) is 0 Å². The Balaban J connectivity index is 2.71. The van der Waals surface area contributed by atoms with Gasteiger partial charge in [0.15, 0.2) is 0 Å². The molecule has 0 radical (unpaired) electrons. The van der Waals surface area contributed by atoms with E-state index in [1.165, 1.54) is 5.56 Å². The Hall–Kier alpha value is -0.470. The summed E-state index contributed by atoms with van der Waals surface area (Å²) in [5, 5.41) is 3.30. The highest BCUT2D eigenvalue weighted by molar-refractivity contribution is 9.10. The predicted molar refractivity (Wildman–Crippen MR) is 67.0 cm³/mol. The van der Waals surface area contributed by atoms with Crippen molar-refractivity contribution in [3.05, 3.63) is 39.3 Å². The van der Waals surface area contributed by atoms with E-state index in [-0.39, 0.29) is 0 Å². The number of hydrogen-bond donors (Lipinski definition) is 1. The average molecular weight is 275 g/mol. The number of anilines is 1. The molecule has 0 saturated heterocycles. The monoisotopic (exact) mass is 273 g/mol. The number of aryl methyl sites for hydroxylation is 1. The number of hydrogen-bond acceptors (Lipinski definition) is 1. The first-order valence-corrected chi connectivity index (χ1v) is 5.62. The SMILES string of the molecule is C/C(=C/Cl)CNc1cc(C)ccc1Br. The van der Waals surface area contributed by atoms with Gasteiger partial charge in [0, 0.05) is 22.2 Å². The van der Waals surface area contributed by atoms with Gasteiger partial charge < -0.3 is 5.32 Å². The lowest BCUT2D eigenvalue weighted by molar-refractivity contribution is 1.20. The van der Waals surface area contributed by atoms with Gasteiger partial charge in [-0.05, 0) is 53.0 Å². The van der Waals surface area contributed by atoms with Crippen LogP contribution in [0.5, 0.6) is 0 Å². The normalized spacial score (nSPS) is 11.6. The van der Waals surface area contributed by atoms with Gasteiger partial charge in [-0.25, -0.2) is 0 Å². The molecule has 1 aromatic carbocycles. The van der Waals surface area contributed by atoms with Crippen LogP contribution in [-0.2, 0) is 0 Å². The largest absolute Gasteiger partial charge is 0.380 e. The minimum Gasteiger partial charge on any atom is -0.380 e. The molecule has 0 aliphatic rings. The topological polar surface area (TPSA) is 12.0 Å². The standard InChI is InChI=1S/C11H13BrClN/c1-8-3-4-10(12)11(5-8)14-7-9(2)6-13/h3-6,14H,7H2,1-2H3/b9-6-. The lowest BCUT2D eigenvalue weighted by Gasteiger charge is -2.09. The molecule has 0 saturated carbocycles. The van der Waals surface area contributed by atoms with Crippen molar-refractivity contribution >= 4 is 33.2 Å². The summed E-state index contributed by atoms with van der Waals surface area (Å²) in [7, 11) is 0. The van der Waals surface area contributed by atoms with Crippen LogP contribution in [0, 0.1) is 6.92 Å². The molecule has 0 unspecified atom stereocenters. The molecule has 0 bridgehead atoms. The zero-order chi connectivity index (χ0) is 10.6. The van der Waals surface area contributed by atoms with E-state index in [9.17, 15) is 0 Å². The van der Waals surface area contributed by atoms with Crippen molar-refractivity contribution in [3.8, 4) is 0 Å². The Bertz CT molecular complexity index is 347. The molecule has 0 aliphatic carbocycles. The summed E-state index contributed by atoms with van der Waals surface area (Å²) in [5.41, 5.74) is 5.04. The smallest absolute Gasteiger partial charge is 0.0489 e. The minimum absolute atomic E-state index is 0.769. The summed E-state index contributed by atoms with van der Waals surface area (Å²) in [6.45, 7) is 4.83. The highest BCUT2D eigenvalue weighted by Crippen LogP contribution is 2.23. The molecule has 76 valence electrons. The van der Waals surface area contributed by atoms with Gasteiger partial charge in [-0.1, -0.05) is 17.7 Å². The Morgan fingerprint density at radius 2 is 2.29 bits per heavy atom. The van der Waals surface area contributed by atoms with Crippen molar-refractivity contribution in [1.82, 2.24) is 0 Å². The maximum absolute atomic E-state index is 5.58. The Kier molecular flexibility index (Phi) is 4.49. The zero-order valence-corrected chi connectivity index (χ0v) is 10.6. The highest BCUT2D eigenvalue weighted by Gasteiger charge is 1.98. The average Bonchev–Trinajstić information content (AvgIpc) is 2.19. The first-order valence-electron chi connectivity index (χ1n) is 4.39. The van der Waals surface area contributed by atoms with E-state index in [1.54, 1.807) is 5.54 Å². The molecular weight excluding hydrogens is 261 g/mol. The van der Waals surface area contributed by atoms with Crippen LogP contribution < -0.4 is 5.32 Å². The molecular formula is C11H13BrClN. The maximum atomic E-state index is 5.58. The van der Waals surface area contributed by atoms with E-state index in [4.69, 9.17) is 11.6 Å². The fraction of sp³-hybridized carbons (Fsp3) is 0.273. The molecule has 14 heavy (non-hydrogen) atoms. The van der Waals surface area contributed by atoms with Crippen LogP contribution in [0.4, 0.5) is 5.69 Å². The van der Waals surface area contributed by atoms with Crippen LogP contribution >= 0.6 is 27.5 Å². The Morgan fingerprint density at radius 3 is 2.93 bits per heavy atom. The molecule has 0 heterocycles. The van der Waals surface area contributed by atoms with Crippen LogP contribution in [-0.4, -0.2) is 6.54 Å². The van der Waals surface area contributed by atoms with E-state index in [2.05, 4.69) is 40.3 Å². The van der Waals surface area contributed by atoms with Gasteiger partial charge in [0.1, 0.15) is 0 Å². The molecule has 0 atom stereocenters. The summed E-state index contributed by atoms with van der Waals surface area (Å²) in [6.07, 6.45) is 0. The van der Waals surface area contributed by atoms with Crippen molar-refractivity contribution in [2.45, 2.75) is 13.8 Å². The lowest BCUT2D eigenvalue weighted by atomic mass is 10.2. The minimum atomic E-state index is 0.769. The van der Waals surface area contributed by atoms with E-state index in [1.807, 2.05) is 13.0 Å². The second-order valence-electron chi connectivity index (χ2n) is 3.29. The highest BCUT2D eigenvalue weighted by atomic mass is 79.9. The predicted octanol–water partition coefficient (Wildman–Crippen LogP) is 4.31. The number of rotatable bonds is 3. The van der Waals surface area contributed by atoms with Gasteiger partial charge in [-0.3, -0.25) is 0 Å². The van der Waals surface area contributed by atoms with Crippen molar-refractivity contribution in [2.24, 2.45) is 0 Å². The van der Waals surface area contributed by atoms with Crippen molar-refractivity contribution in [2.75, 3.05) is 11.9 Å². The van der Waals surface area contributed by atoms with E-state index < -0.39 is 0 Å². The number of benzene rings is 1. The van der Waals surface area contributed by atoms with Gasteiger partial charge in [0.2, 0.25) is 0 Å². The van der Waals surface area contributed by atoms with E-state index in [0.717, 1.165) is 22.3 Å². The molecule has 0 amide bonds. The van der Waals surface area contributed by atoms with Gasteiger partial charge in [-0.15, -0.1) is 0 Å². The molecule has 1 rings (SSSR count). The fourth-order valence-corrected chi connectivity index (χ4v) is 1.51. The molecule has 0 aromatic heterocycles. The third-order valence-corrected chi connectivity index (χ3v) is 2.93. The third kappa shape index (κ3) is 3.35. The summed E-state index contributed by atoms with van der Waals surface area (Å²) in [5.74, 6) is 0. The third-order valence-electron chi connectivity index (χ3n) is 1.87. The molecule has 0 fully saturated rings. The van der Waals surface area contributed by atoms with Crippen LogP contribution in [0.15, 0.2) is 33.8 Å². The van der Waals surface area contributed by atoms with Crippen molar-refractivity contribution in [1.29, 1.82) is 0 Å². The van der Waals surface area contributed by atoms with Crippen LogP contribution in [0.1, 0.15) is 12.5 Å². The van der Waals surface area contributed by atoms with Gasteiger partial charge in [0.05, 0.1) is 0 Å². The molecule has 1 N–H and O–H groups in total. The molecule has 0 spiro atoms. The van der Waals surface area contributed by atoms with Crippen LogP contribution in [0.25, 0.3) is 0 Å². The first-order chi connectivity index (χ1) is 6.63. The zero-order valence-electron chi connectivity index (χ0n) is 8.27. The Labute approximate surface area is 98.3 Å². The molecule has 3 heteroatoms. The van der Waals surface area contributed by atoms with Gasteiger partial charge >= 0.3 is 0 Å². The number of nitrogens with one attached hydrogen (secondary N) is 1. The van der Waals surface area contributed by atoms with E-state index >= 15 is 0 Å². The molecule has 1 aromatic rings. The summed E-state index contributed by atoms with van der Waals surface area (Å²) >= 11 is 9.06. The van der Waals surface area contributed by atoms with Gasteiger partial charge in [0.25, 0.3) is 0 Å². The van der Waals surface area contributed by atoms with Crippen molar-refractivity contribution < 1.29 is 0 Å². The summed E-state index contributed by atoms with van der Waals surface area (Å²) < 4.78 is 1.07. The Morgan fingerprint density at radius 1 is 1.57 bits per heavy atom. The number of halogens is 2. The first kappa shape index (κ1) is 11.6. The second-order valence-corrected chi connectivity index (χ2v) is 4.36. The fourth-order valence-electron chi connectivity index (χ4n) is 1.05. The summed E-state index contributed by atoms with van der Waals surface area (Å²) in [4.78, 5) is 0. The van der Waals surface area contributed by atoms with Crippen molar-refractivity contribution in [3.63, 3.8) is 0 Å². The lowest BCUT2D eigenvalue weighted by Crippen LogP contribution is -2.03. The van der Waals surface area contributed by atoms with E-state index in [0.29, 0.717) is 0 Å². The van der Waals surface area contributed by atoms with Crippen LogP contribution in [0.3, 0.4) is 0 Å². The maximum Gasteiger partial charge on any atom is 0.0489 e. The summed E-state index contributed by atoms with van der Waals surface area (Å²) in [6, 6.07) is 6.21.